The van der Waals surface area contributed by atoms with Crippen LogP contribution in [0.5, 0.6) is 11.5 Å². The Morgan fingerprint density at radius 3 is 2.59 bits per heavy atom. The third-order valence-corrected chi connectivity index (χ3v) is 3.55. The first-order valence-electron chi connectivity index (χ1n) is 7.27. The summed E-state index contributed by atoms with van der Waals surface area (Å²) in [5.41, 5.74) is 1.75. The molecule has 2 rings (SSSR count). The number of nitrogens with zero attached hydrogens (tertiary/aromatic N) is 1. The maximum absolute atomic E-state index is 6.33. The summed E-state index contributed by atoms with van der Waals surface area (Å²) in [6, 6.07) is 13.4. The number of rotatable bonds is 6. The molecule has 0 bridgehead atoms. The first kappa shape index (κ1) is 16.4. The number of ether oxygens (including phenoxy) is 2. The van der Waals surface area contributed by atoms with Crippen LogP contribution in [0.3, 0.4) is 0 Å². The normalized spacial score (nSPS) is 12.4. The van der Waals surface area contributed by atoms with Gasteiger partial charge in [-0.2, -0.15) is 0 Å². The smallest absolute Gasteiger partial charge is 0.180 e. The number of halogens is 1. The molecule has 3 nitrogen and oxygen atoms in total. The minimum Gasteiger partial charge on any atom is -0.493 e. The lowest BCUT2D eigenvalue weighted by atomic mass is 10.2. The lowest BCUT2D eigenvalue weighted by Crippen LogP contribution is -2.11. The predicted molar refractivity (Wildman–Crippen MR) is 92.1 cm³/mol. The highest BCUT2D eigenvalue weighted by atomic mass is 35.5. The van der Waals surface area contributed by atoms with Crippen molar-refractivity contribution in [3.8, 4) is 11.5 Å². The van der Waals surface area contributed by atoms with Gasteiger partial charge in [0.15, 0.2) is 11.5 Å². The first-order valence-corrected chi connectivity index (χ1v) is 7.65. The lowest BCUT2D eigenvalue weighted by Gasteiger charge is -2.17. The molecule has 0 fully saturated rings. The zero-order valence-electron chi connectivity index (χ0n) is 13.0. The van der Waals surface area contributed by atoms with Crippen molar-refractivity contribution in [3.63, 3.8) is 0 Å². The summed E-state index contributed by atoms with van der Waals surface area (Å²) in [4.78, 5) is 4.42. The molecule has 0 heterocycles. The Bertz CT molecular complexity index is 641. The number of aliphatic imine (C=N–C) groups is 1. The van der Waals surface area contributed by atoms with Crippen molar-refractivity contribution in [2.24, 2.45) is 4.99 Å². The molecule has 0 aliphatic heterocycles. The Morgan fingerprint density at radius 1 is 1.23 bits per heavy atom. The van der Waals surface area contributed by atoms with Crippen molar-refractivity contribution in [2.45, 2.75) is 26.4 Å². The number of hydrogen-bond acceptors (Lipinski definition) is 3. The van der Waals surface area contributed by atoms with Crippen LogP contribution >= 0.6 is 11.6 Å². The van der Waals surface area contributed by atoms with Crippen molar-refractivity contribution >= 4 is 23.5 Å². The van der Waals surface area contributed by atoms with Gasteiger partial charge in [-0.15, -0.1) is 0 Å². The molecule has 0 aromatic heterocycles. The van der Waals surface area contributed by atoms with E-state index in [9.17, 15) is 0 Å². The molecule has 0 aliphatic carbocycles. The zero-order valence-corrected chi connectivity index (χ0v) is 13.8. The van der Waals surface area contributed by atoms with Crippen LogP contribution in [-0.4, -0.2) is 19.4 Å². The van der Waals surface area contributed by atoms with Crippen molar-refractivity contribution < 1.29 is 9.47 Å². The molecule has 116 valence electrons. The molecule has 1 atom stereocenters. The van der Waals surface area contributed by atoms with Gasteiger partial charge in [-0.05, 0) is 43.2 Å². The van der Waals surface area contributed by atoms with E-state index in [1.54, 1.807) is 13.3 Å². The Labute approximate surface area is 136 Å². The van der Waals surface area contributed by atoms with E-state index >= 15 is 0 Å². The zero-order chi connectivity index (χ0) is 15.9. The summed E-state index contributed by atoms with van der Waals surface area (Å²) in [7, 11) is 1.60. The summed E-state index contributed by atoms with van der Waals surface area (Å²) in [5, 5.41) is 0.522. The Kier molecular flexibility index (Phi) is 5.84. The van der Waals surface area contributed by atoms with Crippen molar-refractivity contribution in [2.75, 3.05) is 7.11 Å². The van der Waals surface area contributed by atoms with Crippen LogP contribution in [-0.2, 0) is 0 Å². The molecule has 22 heavy (non-hydrogen) atoms. The SMILES string of the molecule is CC[C@@H](C)Oc1c(Cl)cc(C=Nc2ccccc2)cc1OC. The molecular weight excluding hydrogens is 298 g/mol. The van der Waals surface area contributed by atoms with E-state index in [1.165, 1.54) is 0 Å². The van der Waals surface area contributed by atoms with Gasteiger partial charge in [0.1, 0.15) is 0 Å². The largest absolute Gasteiger partial charge is 0.493 e. The second-order valence-electron chi connectivity index (χ2n) is 4.96. The summed E-state index contributed by atoms with van der Waals surface area (Å²) in [5.74, 6) is 1.19. The first-order chi connectivity index (χ1) is 10.6. The number of methoxy groups -OCH3 is 1. The van der Waals surface area contributed by atoms with Gasteiger partial charge in [0.2, 0.25) is 0 Å². The fourth-order valence-corrected chi connectivity index (χ4v) is 2.14. The van der Waals surface area contributed by atoms with E-state index in [0.717, 1.165) is 17.7 Å². The molecule has 0 N–H and O–H groups in total. The molecular formula is C18H20ClNO2. The number of benzene rings is 2. The summed E-state index contributed by atoms with van der Waals surface area (Å²) in [6.07, 6.45) is 2.74. The second kappa shape index (κ2) is 7.85. The van der Waals surface area contributed by atoms with Crippen LogP contribution in [0.2, 0.25) is 5.02 Å². The van der Waals surface area contributed by atoms with E-state index < -0.39 is 0 Å². The summed E-state index contributed by atoms with van der Waals surface area (Å²) < 4.78 is 11.2. The predicted octanol–water partition coefficient (Wildman–Crippen LogP) is 5.28. The molecule has 0 amide bonds. The average Bonchev–Trinajstić information content (AvgIpc) is 2.55. The van der Waals surface area contributed by atoms with Gasteiger partial charge in [-0.25, -0.2) is 0 Å². The van der Waals surface area contributed by atoms with Gasteiger partial charge in [0, 0.05) is 6.21 Å². The van der Waals surface area contributed by atoms with Gasteiger partial charge in [-0.1, -0.05) is 36.7 Å². The minimum absolute atomic E-state index is 0.0789. The fraction of sp³-hybridized carbons (Fsp3) is 0.278. The molecule has 0 saturated carbocycles. The molecule has 0 saturated heterocycles. The van der Waals surface area contributed by atoms with E-state index in [2.05, 4.69) is 11.9 Å². The third-order valence-electron chi connectivity index (χ3n) is 3.26. The monoisotopic (exact) mass is 317 g/mol. The molecule has 0 aliphatic rings. The molecule has 2 aromatic carbocycles. The summed E-state index contributed by atoms with van der Waals surface area (Å²) in [6.45, 7) is 4.06. The topological polar surface area (TPSA) is 30.8 Å². The quantitative estimate of drug-likeness (QED) is 0.679. The van der Waals surface area contributed by atoms with Crippen LogP contribution < -0.4 is 9.47 Å². The molecule has 2 aromatic rings. The maximum atomic E-state index is 6.33. The highest BCUT2D eigenvalue weighted by molar-refractivity contribution is 6.32. The minimum atomic E-state index is 0.0789. The van der Waals surface area contributed by atoms with Crippen molar-refractivity contribution in [1.82, 2.24) is 0 Å². The van der Waals surface area contributed by atoms with Crippen LogP contribution in [0.15, 0.2) is 47.5 Å². The van der Waals surface area contributed by atoms with E-state index in [-0.39, 0.29) is 6.10 Å². The van der Waals surface area contributed by atoms with Gasteiger partial charge in [0.05, 0.1) is 23.9 Å². The lowest BCUT2D eigenvalue weighted by molar-refractivity contribution is 0.208. The third kappa shape index (κ3) is 4.25. The van der Waals surface area contributed by atoms with Crippen molar-refractivity contribution in [3.05, 3.63) is 53.1 Å². The Morgan fingerprint density at radius 2 is 1.95 bits per heavy atom. The fourth-order valence-electron chi connectivity index (χ4n) is 1.88. The average molecular weight is 318 g/mol. The molecule has 4 heteroatoms. The standard InChI is InChI=1S/C18H20ClNO2/c1-4-13(2)22-18-16(19)10-14(11-17(18)21-3)12-20-15-8-6-5-7-9-15/h5-13H,4H2,1-3H3/t13-/m1/s1. The van der Waals surface area contributed by atoms with E-state index in [1.807, 2.05) is 49.4 Å². The summed E-state index contributed by atoms with van der Waals surface area (Å²) >= 11 is 6.33. The van der Waals surface area contributed by atoms with Gasteiger partial charge >= 0.3 is 0 Å². The maximum Gasteiger partial charge on any atom is 0.180 e. The molecule has 0 radical (unpaired) electrons. The van der Waals surface area contributed by atoms with Gasteiger partial charge in [0.25, 0.3) is 0 Å². The second-order valence-corrected chi connectivity index (χ2v) is 5.37. The highest BCUT2D eigenvalue weighted by Crippen LogP contribution is 2.37. The van der Waals surface area contributed by atoms with Gasteiger partial charge < -0.3 is 9.47 Å². The molecule has 0 unspecified atom stereocenters. The highest BCUT2D eigenvalue weighted by Gasteiger charge is 2.13. The van der Waals surface area contributed by atoms with Crippen LogP contribution in [0, 0.1) is 0 Å². The van der Waals surface area contributed by atoms with Gasteiger partial charge in [-0.3, -0.25) is 4.99 Å². The Hall–Kier alpha value is -2.00. The number of hydrogen-bond donors (Lipinski definition) is 0. The molecule has 0 spiro atoms. The van der Waals surface area contributed by atoms with Crippen LogP contribution in [0.1, 0.15) is 25.8 Å². The van der Waals surface area contributed by atoms with E-state index in [0.29, 0.717) is 16.5 Å². The Balaban J connectivity index is 2.27. The van der Waals surface area contributed by atoms with Crippen molar-refractivity contribution in [1.29, 1.82) is 0 Å². The van der Waals surface area contributed by atoms with E-state index in [4.69, 9.17) is 21.1 Å². The number of para-hydroxylation sites is 1. The van der Waals surface area contributed by atoms with Crippen LogP contribution in [0.25, 0.3) is 0 Å². The van der Waals surface area contributed by atoms with Crippen LogP contribution in [0.4, 0.5) is 5.69 Å².